The van der Waals surface area contributed by atoms with Crippen molar-refractivity contribution in [1.82, 2.24) is 4.90 Å². The highest BCUT2D eigenvalue weighted by Crippen LogP contribution is 2.31. The smallest absolute Gasteiger partial charge is 0.258 e. The minimum Gasteiger partial charge on any atom is -0.496 e. The normalized spacial score (nSPS) is 17.2. The molecule has 0 spiro atoms. The Morgan fingerprint density at radius 1 is 1.14 bits per heavy atom. The molecule has 2 aromatic carbocycles. The molecule has 1 heterocycles. The summed E-state index contributed by atoms with van der Waals surface area (Å²) in [5, 5.41) is 0. The zero-order valence-corrected chi connectivity index (χ0v) is 12.4. The van der Waals surface area contributed by atoms with Crippen LogP contribution in [0.25, 0.3) is 0 Å². The van der Waals surface area contributed by atoms with Crippen molar-refractivity contribution < 1.29 is 9.53 Å². The number of nitrogens with zero attached hydrogens (tertiary/aromatic N) is 1. The van der Waals surface area contributed by atoms with Gasteiger partial charge >= 0.3 is 0 Å². The van der Waals surface area contributed by atoms with Gasteiger partial charge in [0.15, 0.2) is 0 Å². The summed E-state index contributed by atoms with van der Waals surface area (Å²) < 4.78 is 5.31. The Bertz CT molecular complexity index is 666. The molecule has 1 unspecified atom stereocenters. The highest BCUT2D eigenvalue weighted by atomic mass is 16.5. The minimum atomic E-state index is 0.0365. The molecule has 0 saturated heterocycles. The summed E-state index contributed by atoms with van der Waals surface area (Å²) in [5.41, 5.74) is 3.22. The van der Waals surface area contributed by atoms with Crippen LogP contribution in [0.15, 0.2) is 48.5 Å². The fourth-order valence-electron chi connectivity index (χ4n) is 3.03. The second-order valence-electron chi connectivity index (χ2n) is 5.32. The van der Waals surface area contributed by atoms with E-state index in [1.54, 1.807) is 7.11 Å². The van der Waals surface area contributed by atoms with Crippen LogP contribution < -0.4 is 4.74 Å². The molecule has 3 rings (SSSR count). The third kappa shape index (κ3) is 2.40. The Morgan fingerprint density at radius 2 is 1.86 bits per heavy atom. The van der Waals surface area contributed by atoms with E-state index in [1.165, 1.54) is 11.1 Å². The third-order valence-corrected chi connectivity index (χ3v) is 4.19. The molecule has 1 amide bonds. The molecule has 0 radical (unpaired) electrons. The van der Waals surface area contributed by atoms with E-state index in [1.807, 2.05) is 35.2 Å². The molecule has 1 aliphatic heterocycles. The lowest BCUT2D eigenvalue weighted by Gasteiger charge is -2.35. The number of fused-ring (bicyclic) bond motifs is 1. The van der Waals surface area contributed by atoms with E-state index in [9.17, 15) is 4.79 Å². The maximum Gasteiger partial charge on any atom is 0.258 e. The van der Waals surface area contributed by atoms with E-state index in [-0.39, 0.29) is 11.9 Å². The van der Waals surface area contributed by atoms with Crippen LogP contribution in [0.2, 0.25) is 0 Å². The molecule has 0 fully saturated rings. The van der Waals surface area contributed by atoms with Gasteiger partial charge in [0.2, 0.25) is 0 Å². The van der Waals surface area contributed by atoms with E-state index in [4.69, 9.17) is 4.74 Å². The van der Waals surface area contributed by atoms with Gasteiger partial charge in [-0.15, -0.1) is 0 Å². The maximum absolute atomic E-state index is 12.8. The zero-order chi connectivity index (χ0) is 14.8. The second kappa shape index (κ2) is 5.60. The number of benzene rings is 2. The van der Waals surface area contributed by atoms with Crippen LogP contribution in [0.1, 0.15) is 34.5 Å². The fraction of sp³-hybridized carbons (Fsp3) is 0.278. The lowest BCUT2D eigenvalue weighted by Crippen LogP contribution is -2.38. The lowest BCUT2D eigenvalue weighted by molar-refractivity contribution is 0.0674. The van der Waals surface area contributed by atoms with Crippen molar-refractivity contribution in [1.29, 1.82) is 0 Å². The second-order valence-corrected chi connectivity index (χ2v) is 5.32. The summed E-state index contributed by atoms with van der Waals surface area (Å²) in [6.45, 7) is 2.83. The molecule has 2 aromatic rings. The molecule has 0 bridgehead atoms. The molecule has 0 saturated carbocycles. The van der Waals surface area contributed by atoms with Crippen molar-refractivity contribution in [2.75, 3.05) is 13.7 Å². The molecule has 108 valence electrons. The summed E-state index contributed by atoms with van der Waals surface area (Å²) in [4.78, 5) is 14.8. The quantitative estimate of drug-likeness (QED) is 0.843. The van der Waals surface area contributed by atoms with Gasteiger partial charge in [0.05, 0.1) is 18.7 Å². The van der Waals surface area contributed by atoms with Crippen molar-refractivity contribution in [3.8, 4) is 5.75 Å². The highest BCUT2D eigenvalue weighted by Gasteiger charge is 2.29. The van der Waals surface area contributed by atoms with Crippen LogP contribution in [0.3, 0.4) is 0 Å². The Morgan fingerprint density at radius 3 is 2.67 bits per heavy atom. The molecule has 3 nitrogen and oxygen atoms in total. The van der Waals surface area contributed by atoms with E-state index in [0.29, 0.717) is 11.3 Å². The first-order valence-electron chi connectivity index (χ1n) is 7.24. The van der Waals surface area contributed by atoms with Crippen molar-refractivity contribution in [2.24, 2.45) is 0 Å². The predicted octanol–water partition coefficient (Wildman–Crippen LogP) is 3.45. The Labute approximate surface area is 125 Å². The summed E-state index contributed by atoms with van der Waals surface area (Å²) >= 11 is 0. The summed E-state index contributed by atoms with van der Waals surface area (Å²) in [7, 11) is 1.60. The molecular formula is C18H19NO2. The SMILES string of the molecule is COc1ccccc1C(=O)N1CCc2ccccc2C1C. The van der Waals surface area contributed by atoms with Crippen LogP contribution in [0.5, 0.6) is 5.75 Å². The van der Waals surface area contributed by atoms with Gasteiger partial charge in [0, 0.05) is 6.54 Å². The van der Waals surface area contributed by atoms with Gasteiger partial charge in [-0.3, -0.25) is 4.79 Å². The van der Waals surface area contributed by atoms with Crippen LogP contribution in [0.4, 0.5) is 0 Å². The maximum atomic E-state index is 12.8. The van der Waals surface area contributed by atoms with Gasteiger partial charge in [-0.05, 0) is 36.6 Å². The van der Waals surface area contributed by atoms with Crippen molar-refractivity contribution in [2.45, 2.75) is 19.4 Å². The molecule has 0 aromatic heterocycles. The van der Waals surface area contributed by atoms with E-state index < -0.39 is 0 Å². The number of carbonyl (C=O) groups is 1. The van der Waals surface area contributed by atoms with Crippen LogP contribution >= 0.6 is 0 Å². The van der Waals surface area contributed by atoms with Gasteiger partial charge < -0.3 is 9.64 Å². The number of rotatable bonds is 2. The molecule has 21 heavy (non-hydrogen) atoms. The van der Waals surface area contributed by atoms with Crippen molar-refractivity contribution in [3.05, 3.63) is 65.2 Å². The van der Waals surface area contributed by atoms with Gasteiger partial charge in [0.25, 0.3) is 5.91 Å². The number of hydrogen-bond acceptors (Lipinski definition) is 2. The van der Waals surface area contributed by atoms with Gasteiger partial charge in [-0.2, -0.15) is 0 Å². The van der Waals surface area contributed by atoms with Crippen molar-refractivity contribution >= 4 is 5.91 Å². The lowest BCUT2D eigenvalue weighted by atomic mass is 9.93. The molecule has 0 N–H and O–H groups in total. The number of hydrogen-bond donors (Lipinski definition) is 0. The number of amides is 1. The molecular weight excluding hydrogens is 262 g/mol. The topological polar surface area (TPSA) is 29.5 Å². The van der Waals surface area contributed by atoms with Crippen LogP contribution in [-0.2, 0) is 6.42 Å². The molecule has 0 aliphatic carbocycles. The van der Waals surface area contributed by atoms with E-state index in [0.717, 1.165) is 13.0 Å². The number of ether oxygens (including phenoxy) is 1. The number of para-hydroxylation sites is 1. The van der Waals surface area contributed by atoms with Gasteiger partial charge in [-0.25, -0.2) is 0 Å². The minimum absolute atomic E-state index is 0.0365. The zero-order valence-electron chi connectivity index (χ0n) is 12.4. The van der Waals surface area contributed by atoms with Gasteiger partial charge in [0.1, 0.15) is 5.75 Å². The van der Waals surface area contributed by atoms with Crippen molar-refractivity contribution in [3.63, 3.8) is 0 Å². The summed E-state index contributed by atoms with van der Waals surface area (Å²) in [5.74, 6) is 0.669. The number of carbonyl (C=O) groups excluding carboxylic acids is 1. The van der Waals surface area contributed by atoms with E-state index >= 15 is 0 Å². The largest absolute Gasteiger partial charge is 0.496 e. The van der Waals surface area contributed by atoms with Crippen LogP contribution in [-0.4, -0.2) is 24.5 Å². The fourth-order valence-corrected chi connectivity index (χ4v) is 3.03. The molecule has 1 aliphatic rings. The molecule has 3 heteroatoms. The first kappa shape index (κ1) is 13.7. The predicted molar refractivity (Wildman–Crippen MR) is 82.6 cm³/mol. The first-order chi connectivity index (χ1) is 10.2. The third-order valence-electron chi connectivity index (χ3n) is 4.19. The average molecular weight is 281 g/mol. The number of methoxy groups -OCH3 is 1. The summed E-state index contributed by atoms with van der Waals surface area (Å²) in [6, 6.07) is 15.9. The molecule has 1 atom stereocenters. The standard InChI is InChI=1S/C18H19NO2/c1-13-15-8-4-3-7-14(15)11-12-19(13)18(20)16-9-5-6-10-17(16)21-2/h3-10,13H,11-12H2,1-2H3. The monoisotopic (exact) mass is 281 g/mol. The Balaban J connectivity index is 1.93. The summed E-state index contributed by atoms with van der Waals surface area (Å²) in [6.07, 6.45) is 0.904. The van der Waals surface area contributed by atoms with Crippen LogP contribution in [0, 0.1) is 0 Å². The van der Waals surface area contributed by atoms with Gasteiger partial charge in [-0.1, -0.05) is 36.4 Å². The van der Waals surface area contributed by atoms with E-state index in [2.05, 4.69) is 25.1 Å². The average Bonchev–Trinajstić information content (AvgIpc) is 2.55. The first-order valence-corrected chi connectivity index (χ1v) is 7.24. The highest BCUT2D eigenvalue weighted by molar-refractivity contribution is 5.97. The Hall–Kier alpha value is -2.29. The Kier molecular flexibility index (Phi) is 3.65.